The molecule has 1 aliphatic heterocycles. The van der Waals surface area contributed by atoms with E-state index in [9.17, 15) is 4.79 Å². The number of nitrogens with zero attached hydrogens (tertiary/aromatic N) is 1. The number of carbonyl (C=O) groups excluding carboxylic acids is 1. The van der Waals surface area contributed by atoms with Gasteiger partial charge in [-0.05, 0) is 12.8 Å². The largest absolute Gasteiger partial charge is 0.341 e. The smallest absolute Gasteiger partial charge is 0.225 e. The Hall–Kier alpha value is -0.570. The van der Waals surface area contributed by atoms with Gasteiger partial charge in [-0.1, -0.05) is 6.92 Å². The summed E-state index contributed by atoms with van der Waals surface area (Å²) in [5, 5.41) is 0. The molecule has 0 radical (unpaired) electrons. The molecule has 1 amide bonds. The summed E-state index contributed by atoms with van der Waals surface area (Å²) in [6, 6.07) is 0. The van der Waals surface area contributed by atoms with Crippen LogP contribution in [0.25, 0.3) is 0 Å². The Morgan fingerprint density at radius 1 is 1.73 bits per heavy atom. The van der Waals surface area contributed by atoms with Crippen molar-refractivity contribution in [3.8, 4) is 0 Å². The number of hydrogen-bond acceptors (Lipinski definition) is 2. The predicted octanol–water partition coefficient (Wildman–Crippen LogP) is 0.204. The highest BCUT2D eigenvalue weighted by Gasteiger charge is 2.23. The Morgan fingerprint density at radius 3 is 3.09 bits per heavy atom. The minimum absolute atomic E-state index is 0.218. The zero-order chi connectivity index (χ0) is 8.27. The molecule has 0 aromatic heterocycles. The maximum absolute atomic E-state index is 11.4. The van der Waals surface area contributed by atoms with Crippen LogP contribution in [0.3, 0.4) is 0 Å². The van der Waals surface area contributed by atoms with Gasteiger partial charge < -0.3 is 10.6 Å². The molecule has 1 unspecified atom stereocenters. The van der Waals surface area contributed by atoms with Crippen LogP contribution in [-0.4, -0.2) is 30.4 Å². The lowest BCUT2D eigenvalue weighted by Crippen LogP contribution is -2.42. The van der Waals surface area contributed by atoms with Crippen LogP contribution in [0.1, 0.15) is 19.8 Å². The van der Waals surface area contributed by atoms with Crippen molar-refractivity contribution in [3.63, 3.8) is 0 Å². The fraction of sp³-hybridized carbons (Fsp3) is 0.875. The van der Waals surface area contributed by atoms with Gasteiger partial charge in [0.25, 0.3) is 0 Å². The standard InChI is InChI=1S/C8H16N2O/c1-7-3-2-5-10(6-4-9)8(7)11/h7H,2-6,9H2,1H3. The van der Waals surface area contributed by atoms with E-state index in [2.05, 4.69) is 0 Å². The van der Waals surface area contributed by atoms with Gasteiger partial charge in [-0.15, -0.1) is 0 Å². The zero-order valence-corrected chi connectivity index (χ0v) is 7.05. The minimum atomic E-state index is 0.218. The lowest BCUT2D eigenvalue weighted by Gasteiger charge is -2.30. The molecular weight excluding hydrogens is 140 g/mol. The molecule has 3 heteroatoms. The SMILES string of the molecule is CC1CCCN(CCN)C1=O. The molecule has 3 nitrogen and oxygen atoms in total. The lowest BCUT2D eigenvalue weighted by atomic mass is 9.99. The van der Waals surface area contributed by atoms with Crippen molar-refractivity contribution in [3.05, 3.63) is 0 Å². The Labute approximate surface area is 67.5 Å². The van der Waals surface area contributed by atoms with Crippen LogP contribution in [0.2, 0.25) is 0 Å². The second kappa shape index (κ2) is 3.72. The third kappa shape index (κ3) is 1.93. The molecule has 0 aromatic rings. The average molecular weight is 156 g/mol. The van der Waals surface area contributed by atoms with Gasteiger partial charge >= 0.3 is 0 Å². The van der Waals surface area contributed by atoms with E-state index in [-0.39, 0.29) is 11.8 Å². The number of hydrogen-bond donors (Lipinski definition) is 1. The first kappa shape index (κ1) is 8.53. The Balaban J connectivity index is 2.44. The molecule has 1 heterocycles. The maximum Gasteiger partial charge on any atom is 0.225 e. The van der Waals surface area contributed by atoms with Gasteiger partial charge in [-0.3, -0.25) is 4.79 Å². The number of amides is 1. The summed E-state index contributed by atoms with van der Waals surface area (Å²) < 4.78 is 0. The van der Waals surface area contributed by atoms with Gasteiger partial charge in [0.15, 0.2) is 0 Å². The van der Waals surface area contributed by atoms with Gasteiger partial charge in [0, 0.05) is 25.6 Å². The van der Waals surface area contributed by atoms with E-state index in [1.54, 1.807) is 0 Å². The monoisotopic (exact) mass is 156 g/mol. The summed E-state index contributed by atoms with van der Waals surface area (Å²) in [4.78, 5) is 13.3. The van der Waals surface area contributed by atoms with Crippen LogP contribution >= 0.6 is 0 Å². The molecule has 1 fully saturated rings. The van der Waals surface area contributed by atoms with E-state index in [4.69, 9.17) is 5.73 Å². The normalized spacial score (nSPS) is 25.8. The van der Waals surface area contributed by atoms with E-state index >= 15 is 0 Å². The first-order chi connectivity index (χ1) is 5.25. The van der Waals surface area contributed by atoms with Crippen LogP contribution in [0.15, 0.2) is 0 Å². The molecule has 0 saturated carbocycles. The van der Waals surface area contributed by atoms with Crippen molar-refractivity contribution in [2.75, 3.05) is 19.6 Å². The molecule has 0 bridgehead atoms. The number of rotatable bonds is 2. The molecule has 0 aliphatic carbocycles. The Bertz CT molecular complexity index is 145. The summed E-state index contributed by atoms with van der Waals surface area (Å²) >= 11 is 0. The van der Waals surface area contributed by atoms with Crippen LogP contribution in [0, 0.1) is 5.92 Å². The van der Waals surface area contributed by atoms with Crippen LogP contribution in [-0.2, 0) is 4.79 Å². The first-order valence-corrected chi connectivity index (χ1v) is 4.24. The average Bonchev–Trinajstić information content (AvgIpc) is 1.99. The van der Waals surface area contributed by atoms with Crippen LogP contribution in [0.4, 0.5) is 0 Å². The minimum Gasteiger partial charge on any atom is -0.341 e. The molecule has 0 spiro atoms. The quantitative estimate of drug-likeness (QED) is 0.621. The summed E-state index contributed by atoms with van der Waals surface area (Å²) in [5.74, 6) is 0.497. The lowest BCUT2D eigenvalue weighted by molar-refractivity contribution is -0.137. The van der Waals surface area contributed by atoms with E-state index in [1.165, 1.54) is 0 Å². The number of nitrogens with two attached hydrogens (primary N) is 1. The van der Waals surface area contributed by atoms with Gasteiger partial charge in [-0.2, -0.15) is 0 Å². The van der Waals surface area contributed by atoms with Gasteiger partial charge in [0.1, 0.15) is 0 Å². The van der Waals surface area contributed by atoms with Crippen molar-refractivity contribution in [2.24, 2.45) is 11.7 Å². The first-order valence-electron chi connectivity index (χ1n) is 4.24. The van der Waals surface area contributed by atoms with E-state index in [0.717, 1.165) is 25.9 Å². The van der Waals surface area contributed by atoms with Crippen molar-refractivity contribution >= 4 is 5.91 Å². The summed E-state index contributed by atoms with van der Waals surface area (Å²) in [6.07, 6.45) is 2.17. The molecule has 1 atom stereocenters. The maximum atomic E-state index is 11.4. The third-order valence-electron chi connectivity index (χ3n) is 2.20. The van der Waals surface area contributed by atoms with Crippen LogP contribution in [0.5, 0.6) is 0 Å². The molecule has 64 valence electrons. The fourth-order valence-corrected chi connectivity index (χ4v) is 1.51. The predicted molar refractivity (Wildman–Crippen MR) is 44.0 cm³/mol. The molecular formula is C8H16N2O. The van der Waals surface area contributed by atoms with Crippen molar-refractivity contribution in [1.82, 2.24) is 4.90 Å². The summed E-state index contributed by atoms with van der Waals surface area (Å²) in [7, 11) is 0. The topological polar surface area (TPSA) is 46.3 Å². The second-order valence-corrected chi connectivity index (χ2v) is 3.16. The van der Waals surface area contributed by atoms with Gasteiger partial charge in [0.2, 0.25) is 5.91 Å². The highest BCUT2D eigenvalue weighted by molar-refractivity contribution is 5.79. The van der Waals surface area contributed by atoms with Gasteiger partial charge in [-0.25, -0.2) is 0 Å². The van der Waals surface area contributed by atoms with Crippen molar-refractivity contribution < 1.29 is 4.79 Å². The third-order valence-corrected chi connectivity index (χ3v) is 2.20. The molecule has 11 heavy (non-hydrogen) atoms. The number of carbonyl (C=O) groups is 1. The van der Waals surface area contributed by atoms with Crippen molar-refractivity contribution in [2.45, 2.75) is 19.8 Å². The molecule has 0 aromatic carbocycles. The van der Waals surface area contributed by atoms with Crippen molar-refractivity contribution in [1.29, 1.82) is 0 Å². The van der Waals surface area contributed by atoms with Crippen LogP contribution < -0.4 is 5.73 Å². The van der Waals surface area contributed by atoms with Gasteiger partial charge in [0.05, 0.1) is 0 Å². The Morgan fingerprint density at radius 2 is 2.45 bits per heavy atom. The van der Waals surface area contributed by atoms with E-state index in [0.29, 0.717) is 6.54 Å². The molecule has 1 rings (SSSR count). The molecule has 1 aliphatic rings. The Kier molecular flexibility index (Phi) is 2.88. The molecule has 2 N–H and O–H groups in total. The number of piperidine rings is 1. The van der Waals surface area contributed by atoms with E-state index in [1.807, 2.05) is 11.8 Å². The number of likely N-dealkylation sites (tertiary alicyclic amines) is 1. The highest BCUT2D eigenvalue weighted by Crippen LogP contribution is 2.16. The zero-order valence-electron chi connectivity index (χ0n) is 7.05. The summed E-state index contributed by atoms with van der Waals surface area (Å²) in [5.41, 5.74) is 5.37. The fourth-order valence-electron chi connectivity index (χ4n) is 1.51. The summed E-state index contributed by atoms with van der Waals surface area (Å²) in [6.45, 7) is 4.20. The van der Waals surface area contributed by atoms with E-state index < -0.39 is 0 Å². The molecule has 1 saturated heterocycles. The highest BCUT2D eigenvalue weighted by atomic mass is 16.2. The second-order valence-electron chi connectivity index (χ2n) is 3.16.